The highest BCUT2D eigenvalue weighted by Gasteiger charge is 2.45. The van der Waals surface area contributed by atoms with Crippen molar-refractivity contribution in [3.8, 4) is 0 Å². The Bertz CT molecular complexity index is 508. The van der Waals surface area contributed by atoms with E-state index in [1.54, 1.807) is 13.8 Å². The molecule has 2 rings (SSSR count). The van der Waals surface area contributed by atoms with Crippen molar-refractivity contribution in [2.45, 2.75) is 50.5 Å². The van der Waals surface area contributed by atoms with Crippen molar-refractivity contribution in [1.29, 1.82) is 0 Å². The maximum absolute atomic E-state index is 12.5. The molecule has 6 N–H and O–H groups in total. The zero-order chi connectivity index (χ0) is 18.8. The molecule has 2 saturated heterocycles. The Kier molecular flexibility index (Phi) is 6.99. The van der Waals surface area contributed by atoms with Crippen molar-refractivity contribution < 1.29 is 34.8 Å². The van der Waals surface area contributed by atoms with E-state index in [2.05, 4.69) is 10.6 Å². The van der Waals surface area contributed by atoms with Crippen molar-refractivity contribution in [1.82, 2.24) is 10.6 Å². The lowest BCUT2D eigenvalue weighted by molar-refractivity contribution is -0.253. The maximum Gasteiger partial charge on any atom is 0.243 e. The van der Waals surface area contributed by atoms with E-state index in [4.69, 9.17) is 9.84 Å². The van der Waals surface area contributed by atoms with E-state index < -0.39 is 54.6 Å². The van der Waals surface area contributed by atoms with Crippen LogP contribution in [0, 0.1) is 5.41 Å². The van der Waals surface area contributed by atoms with Gasteiger partial charge in [-0.3, -0.25) is 9.59 Å². The molecular formula is C14H24N2O7S2. The number of hydrogen-bond acceptors (Lipinski definition) is 9. The van der Waals surface area contributed by atoms with Crippen LogP contribution in [0.4, 0.5) is 0 Å². The highest BCUT2D eigenvalue weighted by Crippen LogP contribution is 2.33. The number of nitrogens with one attached hydrogen (secondary N) is 2. The predicted molar refractivity (Wildman–Crippen MR) is 92.5 cm³/mol. The summed E-state index contributed by atoms with van der Waals surface area (Å²) in [7, 11) is 2.94. The van der Waals surface area contributed by atoms with Gasteiger partial charge in [-0.1, -0.05) is 35.4 Å². The number of carbonyl (C=O) groups excluding carboxylic acids is 2. The Morgan fingerprint density at radius 1 is 1.32 bits per heavy atom. The van der Waals surface area contributed by atoms with E-state index in [9.17, 15) is 24.9 Å². The molecule has 2 heterocycles. The molecule has 2 fully saturated rings. The van der Waals surface area contributed by atoms with Crippen LogP contribution in [0.15, 0.2) is 0 Å². The monoisotopic (exact) mass is 396 g/mol. The topological polar surface area (TPSA) is 148 Å². The minimum atomic E-state index is -1.60. The zero-order valence-electron chi connectivity index (χ0n) is 13.9. The lowest BCUT2D eigenvalue weighted by atomic mass is 9.94. The first-order chi connectivity index (χ1) is 11.7. The number of aliphatic hydroxyl groups excluding tert-OH is 4. The standard InChI is InChI=1S/C14H24N2O7S2/c1-14(2)5-25-24-4-6(15-13(14)22)11(20)16-8-10(19)9(18)7(3-17)23-12(8)21/h6-10,12,17-19,21H,3-5H2,1-2H3,(H,15,22)(H,16,20). The largest absolute Gasteiger partial charge is 0.394 e. The van der Waals surface area contributed by atoms with Crippen molar-refractivity contribution in [3.05, 3.63) is 0 Å². The average molecular weight is 396 g/mol. The third-order valence-electron chi connectivity index (χ3n) is 4.18. The van der Waals surface area contributed by atoms with Crippen LogP contribution in [0.1, 0.15) is 13.8 Å². The normalized spacial score (nSPS) is 39.0. The fourth-order valence-electron chi connectivity index (χ4n) is 2.43. The van der Waals surface area contributed by atoms with Crippen molar-refractivity contribution in [2.75, 3.05) is 18.1 Å². The van der Waals surface area contributed by atoms with E-state index in [1.165, 1.54) is 21.6 Å². The smallest absolute Gasteiger partial charge is 0.243 e. The first-order valence-corrected chi connectivity index (χ1v) is 10.3. The second-order valence-corrected chi connectivity index (χ2v) is 9.23. The first-order valence-electron chi connectivity index (χ1n) is 7.83. The molecule has 9 nitrogen and oxygen atoms in total. The molecule has 6 unspecified atom stereocenters. The van der Waals surface area contributed by atoms with Crippen molar-refractivity contribution >= 4 is 33.4 Å². The van der Waals surface area contributed by atoms with Crippen LogP contribution in [0.3, 0.4) is 0 Å². The average Bonchev–Trinajstić information content (AvgIpc) is 2.55. The summed E-state index contributed by atoms with van der Waals surface area (Å²) in [4.78, 5) is 24.7. The second-order valence-electron chi connectivity index (χ2n) is 6.72. The van der Waals surface area contributed by atoms with Gasteiger partial charge in [0.25, 0.3) is 0 Å². The molecule has 144 valence electrons. The molecular weight excluding hydrogens is 372 g/mol. The molecule has 0 saturated carbocycles. The summed E-state index contributed by atoms with van der Waals surface area (Å²) in [6, 6.07) is -2.13. The highest BCUT2D eigenvalue weighted by atomic mass is 33.1. The minimum Gasteiger partial charge on any atom is -0.394 e. The number of rotatable bonds is 3. The van der Waals surface area contributed by atoms with Gasteiger partial charge in [0.05, 0.1) is 12.0 Å². The molecule has 2 aliphatic rings. The Hall–Kier alpha value is -0.560. The van der Waals surface area contributed by atoms with Gasteiger partial charge in [0, 0.05) is 11.5 Å². The molecule has 11 heteroatoms. The fourth-order valence-corrected chi connectivity index (χ4v) is 5.23. The molecule has 0 radical (unpaired) electrons. The van der Waals surface area contributed by atoms with Crippen molar-refractivity contribution in [2.24, 2.45) is 5.41 Å². The van der Waals surface area contributed by atoms with E-state index in [1.807, 2.05) is 0 Å². The second kappa shape index (κ2) is 8.42. The van der Waals surface area contributed by atoms with Gasteiger partial charge in [-0.2, -0.15) is 0 Å². The van der Waals surface area contributed by atoms with Gasteiger partial charge in [0.2, 0.25) is 11.8 Å². The van der Waals surface area contributed by atoms with Crippen LogP contribution in [0.2, 0.25) is 0 Å². The van der Waals surface area contributed by atoms with E-state index in [-0.39, 0.29) is 5.91 Å². The van der Waals surface area contributed by atoms with Crippen LogP contribution in [0.25, 0.3) is 0 Å². The molecule has 0 spiro atoms. The van der Waals surface area contributed by atoms with Gasteiger partial charge in [-0.05, 0) is 0 Å². The molecule has 0 aromatic rings. The number of amides is 2. The third kappa shape index (κ3) is 4.79. The van der Waals surface area contributed by atoms with Crippen LogP contribution < -0.4 is 10.6 Å². The summed E-state index contributed by atoms with van der Waals surface area (Å²) in [6.45, 7) is 2.98. The number of hydrogen-bond donors (Lipinski definition) is 6. The van der Waals surface area contributed by atoms with Gasteiger partial charge in [-0.15, -0.1) is 0 Å². The molecule has 2 aliphatic heterocycles. The number of ether oxygens (including phenoxy) is 1. The molecule has 0 aromatic carbocycles. The number of aliphatic hydroxyl groups is 4. The van der Waals surface area contributed by atoms with E-state index in [0.717, 1.165) is 0 Å². The molecule has 6 atom stereocenters. The lowest BCUT2D eigenvalue weighted by Gasteiger charge is -2.40. The predicted octanol–water partition coefficient (Wildman–Crippen LogP) is -2.19. The number of carbonyl (C=O) groups is 2. The van der Waals surface area contributed by atoms with Crippen LogP contribution in [-0.2, 0) is 14.3 Å². The van der Waals surface area contributed by atoms with Gasteiger partial charge in [0.1, 0.15) is 30.4 Å². The fraction of sp³-hybridized carbons (Fsp3) is 0.857. The zero-order valence-corrected chi connectivity index (χ0v) is 15.5. The molecule has 0 bridgehead atoms. The van der Waals surface area contributed by atoms with Crippen LogP contribution >= 0.6 is 21.6 Å². The molecule has 2 amide bonds. The SMILES string of the molecule is CC1(C)CSSCC(C(=O)NC2C(O)OC(CO)C(O)C2O)NC1=O. The van der Waals surface area contributed by atoms with Crippen LogP contribution in [0.5, 0.6) is 0 Å². The lowest BCUT2D eigenvalue weighted by Crippen LogP contribution is -2.66. The maximum atomic E-state index is 12.5. The Morgan fingerprint density at radius 2 is 2.00 bits per heavy atom. The van der Waals surface area contributed by atoms with Crippen molar-refractivity contribution in [3.63, 3.8) is 0 Å². The van der Waals surface area contributed by atoms with Gasteiger partial charge in [0.15, 0.2) is 6.29 Å². The highest BCUT2D eigenvalue weighted by molar-refractivity contribution is 8.76. The quantitative estimate of drug-likeness (QED) is 0.293. The van der Waals surface area contributed by atoms with Gasteiger partial charge < -0.3 is 35.8 Å². The summed E-state index contributed by atoms with van der Waals surface area (Å²) in [5, 5.41) is 44.0. The molecule has 0 aromatic heterocycles. The van der Waals surface area contributed by atoms with Gasteiger partial charge >= 0.3 is 0 Å². The van der Waals surface area contributed by atoms with Crippen LogP contribution in [-0.4, -0.2) is 87.0 Å². The third-order valence-corrected chi connectivity index (χ3v) is 6.92. The summed E-state index contributed by atoms with van der Waals surface area (Å²) in [5.74, 6) is 0.0720. The minimum absolute atomic E-state index is 0.262. The Labute approximate surface area is 153 Å². The van der Waals surface area contributed by atoms with E-state index >= 15 is 0 Å². The summed E-state index contributed by atoms with van der Waals surface area (Å²) >= 11 is 0. The Morgan fingerprint density at radius 3 is 2.64 bits per heavy atom. The summed E-state index contributed by atoms with van der Waals surface area (Å²) in [5.41, 5.74) is -0.631. The Balaban J connectivity index is 2.03. The summed E-state index contributed by atoms with van der Waals surface area (Å²) < 4.78 is 5.00. The summed E-state index contributed by atoms with van der Waals surface area (Å²) in [6.07, 6.45) is -5.73. The molecule has 0 aliphatic carbocycles. The van der Waals surface area contributed by atoms with E-state index in [0.29, 0.717) is 11.5 Å². The first kappa shape index (κ1) is 20.7. The van der Waals surface area contributed by atoms with Gasteiger partial charge in [-0.25, -0.2) is 0 Å². The molecule has 25 heavy (non-hydrogen) atoms.